The Morgan fingerprint density at radius 2 is 1.83 bits per heavy atom. The molecule has 150 valence electrons. The molecule has 0 N–H and O–H groups in total. The minimum atomic E-state index is -0.399. The van der Waals surface area contributed by atoms with Gasteiger partial charge in [-0.3, -0.25) is 13.9 Å². The molecule has 4 aromatic rings. The van der Waals surface area contributed by atoms with Crippen LogP contribution in [0.1, 0.15) is 19.2 Å². The summed E-state index contributed by atoms with van der Waals surface area (Å²) in [6.07, 6.45) is 0.823. The maximum absolute atomic E-state index is 12.7. The van der Waals surface area contributed by atoms with Gasteiger partial charge in [0.25, 0.3) is 5.56 Å². The number of fused-ring (bicyclic) bond motifs is 1. The normalized spacial score (nSPS) is 11.4. The van der Waals surface area contributed by atoms with Crippen LogP contribution in [0.2, 0.25) is 0 Å². The highest BCUT2D eigenvalue weighted by atomic mass is 32.2. The van der Waals surface area contributed by atoms with Crippen molar-refractivity contribution in [3.8, 4) is 11.5 Å². The SMILES string of the molecule is CCCn1c(SCc2nnc(-c3ccccc3)o2)nc2c1c(=O)n(C)c(=O)n2C. The maximum atomic E-state index is 12.7. The number of aryl methyl sites for hydroxylation is 2. The van der Waals surface area contributed by atoms with E-state index in [1.807, 2.05) is 41.8 Å². The van der Waals surface area contributed by atoms with E-state index < -0.39 is 5.69 Å². The topological polar surface area (TPSA) is 101 Å². The summed E-state index contributed by atoms with van der Waals surface area (Å²) >= 11 is 1.40. The molecule has 0 saturated carbocycles. The standard InChI is InChI=1S/C19H20N6O3S/c1-4-10-25-14-15(23(2)19(27)24(3)17(14)26)20-18(25)29-11-13-21-22-16(28-13)12-8-6-5-7-9-12/h5-9H,4,10-11H2,1-3H3. The first-order valence-corrected chi connectivity index (χ1v) is 10.2. The third-order valence-electron chi connectivity index (χ3n) is 4.57. The van der Waals surface area contributed by atoms with E-state index in [1.165, 1.54) is 23.4 Å². The average molecular weight is 412 g/mol. The van der Waals surface area contributed by atoms with Gasteiger partial charge in [0.05, 0.1) is 5.75 Å². The Morgan fingerprint density at radius 1 is 1.07 bits per heavy atom. The van der Waals surface area contributed by atoms with Crippen molar-refractivity contribution in [1.29, 1.82) is 0 Å². The van der Waals surface area contributed by atoms with Gasteiger partial charge >= 0.3 is 5.69 Å². The van der Waals surface area contributed by atoms with Gasteiger partial charge in [0, 0.05) is 26.2 Å². The highest BCUT2D eigenvalue weighted by Crippen LogP contribution is 2.26. The molecule has 9 nitrogen and oxygen atoms in total. The Kier molecular flexibility index (Phi) is 5.10. The van der Waals surface area contributed by atoms with Crippen molar-refractivity contribution in [3.05, 3.63) is 57.1 Å². The van der Waals surface area contributed by atoms with Crippen LogP contribution < -0.4 is 11.2 Å². The number of thioether (sulfide) groups is 1. The first-order chi connectivity index (χ1) is 14.0. The fourth-order valence-corrected chi connectivity index (χ4v) is 3.96. The van der Waals surface area contributed by atoms with Gasteiger partial charge in [-0.2, -0.15) is 0 Å². The Balaban J connectivity index is 1.68. The summed E-state index contributed by atoms with van der Waals surface area (Å²) in [4.78, 5) is 29.5. The van der Waals surface area contributed by atoms with Crippen molar-refractivity contribution >= 4 is 22.9 Å². The lowest BCUT2D eigenvalue weighted by atomic mass is 10.2. The molecule has 0 spiro atoms. The summed E-state index contributed by atoms with van der Waals surface area (Å²) in [5.74, 6) is 1.33. The molecule has 0 aliphatic rings. The second-order valence-corrected chi connectivity index (χ2v) is 7.52. The molecule has 0 amide bonds. The fraction of sp³-hybridized carbons (Fsp3) is 0.316. The number of imidazole rings is 1. The minimum Gasteiger partial charge on any atom is -0.420 e. The molecular formula is C19H20N6O3S. The molecule has 10 heteroatoms. The summed E-state index contributed by atoms with van der Waals surface area (Å²) < 4.78 is 10.1. The van der Waals surface area contributed by atoms with Gasteiger partial charge in [-0.25, -0.2) is 9.78 Å². The number of benzene rings is 1. The van der Waals surface area contributed by atoms with Crippen LogP contribution in [0, 0.1) is 0 Å². The van der Waals surface area contributed by atoms with Gasteiger partial charge in [0.1, 0.15) is 0 Å². The monoisotopic (exact) mass is 412 g/mol. The zero-order valence-electron chi connectivity index (χ0n) is 16.3. The first-order valence-electron chi connectivity index (χ1n) is 9.18. The summed E-state index contributed by atoms with van der Waals surface area (Å²) in [5.41, 5.74) is 0.914. The van der Waals surface area contributed by atoms with E-state index >= 15 is 0 Å². The molecule has 0 aliphatic heterocycles. The molecule has 0 aliphatic carbocycles. The molecule has 0 unspecified atom stereocenters. The van der Waals surface area contributed by atoms with Crippen LogP contribution in [-0.4, -0.2) is 28.9 Å². The lowest BCUT2D eigenvalue weighted by Gasteiger charge is -2.07. The number of hydrogen-bond acceptors (Lipinski definition) is 7. The van der Waals surface area contributed by atoms with E-state index in [2.05, 4.69) is 15.2 Å². The van der Waals surface area contributed by atoms with Crippen LogP contribution in [0.4, 0.5) is 0 Å². The highest BCUT2D eigenvalue weighted by molar-refractivity contribution is 7.98. The average Bonchev–Trinajstić information content (AvgIpc) is 3.35. The van der Waals surface area contributed by atoms with Crippen molar-refractivity contribution in [2.45, 2.75) is 30.8 Å². The smallest absolute Gasteiger partial charge is 0.332 e. The molecule has 0 saturated heterocycles. The van der Waals surface area contributed by atoms with Gasteiger partial charge in [0.2, 0.25) is 11.8 Å². The highest BCUT2D eigenvalue weighted by Gasteiger charge is 2.20. The predicted molar refractivity (Wildman–Crippen MR) is 110 cm³/mol. The molecule has 3 aromatic heterocycles. The van der Waals surface area contributed by atoms with E-state index in [0.29, 0.717) is 40.4 Å². The van der Waals surface area contributed by atoms with E-state index in [0.717, 1.165) is 16.6 Å². The van der Waals surface area contributed by atoms with Crippen LogP contribution in [0.15, 0.2) is 49.5 Å². The molecule has 0 radical (unpaired) electrons. The zero-order chi connectivity index (χ0) is 20.5. The van der Waals surface area contributed by atoms with Crippen molar-refractivity contribution in [3.63, 3.8) is 0 Å². The second kappa shape index (κ2) is 7.70. The lowest BCUT2D eigenvalue weighted by Crippen LogP contribution is -2.37. The van der Waals surface area contributed by atoms with Gasteiger partial charge in [-0.15, -0.1) is 10.2 Å². The summed E-state index contributed by atoms with van der Waals surface area (Å²) in [6.45, 7) is 2.64. The summed E-state index contributed by atoms with van der Waals surface area (Å²) in [6, 6.07) is 9.55. The van der Waals surface area contributed by atoms with Crippen LogP contribution >= 0.6 is 11.8 Å². The van der Waals surface area contributed by atoms with Gasteiger partial charge in [-0.1, -0.05) is 36.9 Å². The number of aromatic nitrogens is 6. The van der Waals surface area contributed by atoms with E-state index in [-0.39, 0.29) is 5.56 Å². The molecular weight excluding hydrogens is 392 g/mol. The van der Waals surface area contributed by atoms with E-state index in [1.54, 1.807) is 7.05 Å². The largest absolute Gasteiger partial charge is 0.420 e. The Morgan fingerprint density at radius 3 is 2.55 bits per heavy atom. The van der Waals surface area contributed by atoms with Crippen LogP contribution in [-0.2, 0) is 26.4 Å². The quantitative estimate of drug-likeness (QED) is 0.447. The summed E-state index contributed by atoms with van der Waals surface area (Å²) in [5, 5.41) is 8.84. The van der Waals surface area contributed by atoms with Crippen molar-refractivity contribution < 1.29 is 4.42 Å². The first kappa shape index (κ1) is 19.2. The predicted octanol–water partition coefficient (Wildman–Crippen LogP) is 2.19. The molecule has 0 atom stereocenters. The van der Waals surface area contributed by atoms with Crippen molar-refractivity contribution in [1.82, 2.24) is 28.9 Å². The Bertz CT molecular complexity index is 1290. The van der Waals surface area contributed by atoms with Gasteiger partial charge in [-0.05, 0) is 18.6 Å². The Hall–Kier alpha value is -3.14. The van der Waals surface area contributed by atoms with Gasteiger partial charge < -0.3 is 8.98 Å². The molecule has 1 aromatic carbocycles. The van der Waals surface area contributed by atoms with E-state index in [4.69, 9.17) is 4.42 Å². The molecule has 29 heavy (non-hydrogen) atoms. The zero-order valence-corrected chi connectivity index (χ0v) is 17.1. The second-order valence-electron chi connectivity index (χ2n) is 6.58. The van der Waals surface area contributed by atoms with Gasteiger partial charge in [0.15, 0.2) is 16.3 Å². The molecule has 3 heterocycles. The molecule has 0 fully saturated rings. The molecule has 0 bridgehead atoms. The van der Waals surface area contributed by atoms with Crippen molar-refractivity contribution in [2.24, 2.45) is 14.1 Å². The molecule has 4 rings (SSSR count). The van der Waals surface area contributed by atoms with Crippen LogP contribution in [0.25, 0.3) is 22.6 Å². The van der Waals surface area contributed by atoms with Crippen molar-refractivity contribution in [2.75, 3.05) is 0 Å². The lowest BCUT2D eigenvalue weighted by molar-refractivity contribution is 0.528. The third kappa shape index (κ3) is 3.39. The minimum absolute atomic E-state index is 0.347. The fourth-order valence-electron chi connectivity index (χ4n) is 3.10. The number of hydrogen-bond donors (Lipinski definition) is 0. The van der Waals surface area contributed by atoms with E-state index in [9.17, 15) is 9.59 Å². The van der Waals surface area contributed by atoms with Crippen LogP contribution in [0.3, 0.4) is 0 Å². The maximum Gasteiger partial charge on any atom is 0.332 e. The number of nitrogens with zero attached hydrogens (tertiary/aromatic N) is 6. The van der Waals surface area contributed by atoms with Crippen LogP contribution in [0.5, 0.6) is 0 Å². The number of rotatable bonds is 6. The Labute approximate surface area is 170 Å². The third-order valence-corrected chi connectivity index (χ3v) is 5.53. The summed E-state index contributed by atoms with van der Waals surface area (Å²) in [7, 11) is 3.09.